The molecular formula is C22H21ClFN5O3. The summed E-state index contributed by atoms with van der Waals surface area (Å²) in [5, 5.41) is 2.87. The van der Waals surface area contributed by atoms with E-state index in [1.807, 2.05) is 4.90 Å². The minimum absolute atomic E-state index is 0.0270. The van der Waals surface area contributed by atoms with E-state index >= 15 is 0 Å². The van der Waals surface area contributed by atoms with E-state index in [2.05, 4.69) is 15.3 Å². The fraction of sp³-hybridized carbons (Fsp3) is 0.227. The summed E-state index contributed by atoms with van der Waals surface area (Å²) in [4.78, 5) is 24.8. The van der Waals surface area contributed by atoms with Crippen molar-refractivity contribution in [2.45, 2.75) is 0 Å². The molecule has 1 saturated heterocycles. The third kappa shape index (κ3) is 5.17. The zero-order chi connectivity index (χ0) is 22.5. The molecule has 0 saturated carbocycles. The van der Waals surface area contributed by atoms with Crippen LogP contribution in [-0.4, -0.2) is 54.2 Å². The number of nitrogens with zero attached hydrogens (tertiary/aromatic N) is 4. The molecule has 2 heterocycles. The van der Waals surface area contributed by atoms with Gasteiger partial charge in [0.2, 0.25) is 5.88 Å². The number of piperazine rings is 1. The zero-order valence-electron chi connectivity index (χ0n) is 17.3. The summed E-state index contributed by atoms with van der Waals surface area (Å²) in [5.74, 6) is 1.58. The Hall–Kier alpha value is -3.59. The molecule has 166 valence electrons. The Morgan fingerprint density at radius 2 is 1.75 bits per heavy atom. The Bertz CT molecular complexity index is 1090. The lowest BCUT2D eigenvalue weighted by molar-refractivity contribution is 0.208. The highest BCUT2D eigenvalue weighted by Crippen LogP contribution is 2.26. The van der Waals surface area contributed by atoms with Gasteiger partial charge in [-0.25, -0.2) is 19.2 Å². The average Bonchev–Trinajstić information content (AvgIpc) is 2.82. The normalized spacial score (nSPS) is 13.6. The van der Waals surface area contributed by atoms with Crippen LogP contribution in [0.25, 0.3) is 0 Å². The highest BCUT2D eigenvalue weighted by atomic mass is 35.5. The minimum atomic E-state index is -0.517. The number of anilines is 2. The van der Waals surface area contributed by atoms with Crippen molar-refractivity contribution in [2.24, 2.45) is 0 Å². The van der Waals surface area contributed by atoms with Gasteiger partial charge in [0.1, 0.15) is 29.5 Å². The van der Waals surface area contributed by atoms with Crippen molar-refractivity contribution in [3.05, 3.63) is 65.7 Å². The number of hydrogen-bond donors (Lipinski definition) is 1. The molecule has 32 heavy (non-hydrogen) atoms. The second-order valence-electron chi connectivity index (χ2n) is 7.03. The number of methoxy groups -OCH3 is 1. The number of rotatable bonds is 5. The second kappa shape index (κ2) is 9.69. The quantitative estimate of drug-likeness (QED) is 0.610. The molecule has 2 amide bonds. The van der Waals surface area contributed by atoms with Crippen molar-refractivity contribution in [1.29, 1.82) is 0 Å². The van der Waals surface area contributed by atoms with Crippen molar-refractivity contribution in [3.8, 4) is 17.4 Å². The lowest BCUT2D eigenvalue weighted by Gasteiger charge is -2.35. The molecule has 0 spiro atoms. The molecule has 2 aromatic carbocycles. The van der Waals surface area contributed by atoms with E-state index in [9.17, 15) is 9.18 Å². The monoisotopic (exact) mass is 457 g/mol. The lowest BCUT2D eigenvalue weighted by Crippen LogP contribution is -2.50. The summed E-state index contributed by atoms with van der Waals surface area (Å²) < 4.78 is 24.1. The number of nitrogens with one attached hydrogen (secondary N) is 1. The van der Waals surface area contributed by atoms with E-state index in [4.69, 9.17) is 21.1 Å². The van der Waals surface area contributed by atoms with Gasteiger partial charge in [0, 0.05) is 44.0 Å². The molecule has 10 heteroatoms. The molecule has 1 aliphatic rings. The van der Waals surface area contributed by atoms with Crippen LogP contribution in [0.1, 0.15) is 0 Å². The number of carbonyl (C=O) groups is 1. The zero-order valence-corrected chi connectivity index (χ0v) is 18.1. The molecule has 1 aliphatic heterocycles. The Morgan fingerprint density at radius 3 is 2.44 bits per heavy atom. The minimum Gasteiger partial charge on any atom is -0.497 e. The maximum absolute atomic E-state index is 13.3. The molecular weight excluding hydrogens is 437 g/mol. The van der Waals surface area contributed by atoms with Crippen LogP contribution in [0, 0.1) is 5.82 Å². The number of benzene rings is 2. The van der Waals surface area contributed by atoms with Gasteiger partial charge in [-0.2, -0.15) is 0 Å². The Morgan fingerprint density at radius 1 is 1.03 bits per heavy atom. The van der Waals surface area contributed by atoms with Crippen molar-refractivity contribution in [3.63, 3.8) is 0 Å². The van der Waals surface area contributed by atoms with Crippen LogP contribution in [0.2, 0.25) is 5.02 Å². The van der Waals surface area contributed by atoms with Crippen LogP contribution in [0.5, 0.6) is 17.4 Å². The molecule has 0 unspecified atom stereocenters. The molecule has 0 atom stereocenters. The summed E-state index contributed by atoms with van der Waals surface area (Å²) in [6.07, 6.45) is 1.40. The first-order valence-corrected chi connectivity index (χ1v) is 10.3. The molecule has 8 nitrogen and oxygen atoms in total. The molecule has 4 rings (SSSR count). The summed E-state index contributed by atoms with van der Waals surface area (Å²) in [6.45, 7) is 2.29. The van der Waals surface area contributed by atoms with Gasteiger partial charge in [0.25, 0.3) is 0 Å². The van der Waals surface area contributed by atoms with Crippen molar-refractivity contribution < 1.29 is 18.7 Å². The third-order valence-electron chi connectivity index (χ3n) is 4.97. The highest BCUT2D eigenvalue weighted by Gasteiger charge is 2.22. The van der Waals surface area contributed by atoms with Crippen LogP contribution in [-0.2, 0) is 0 Å². The standard InChI is InChI=1S/C22H21ClFN5O3/c1-31-16-4-2-15(3-5-16)27-22(30)29-10-8-28(9-11-29)20-13-21(26-14-25-20)32-17-6-7-19(24)18(23)12-17/h2-7,12-14H,8-11H2,1H3,(H,27,30). The summed E-state index contributed by atoms with van der Waals surface area (Å²) in [7, 11) is 1.60. The van der Waals surface area contributed by atoms with Crippen LogP contribution in [0.3, 0.4) is 0 Å². The number of ether oxygens (including phenoxy) is 2. The number of urea groups is 1. The number of hydrogen-bond acceptors (Lipinski definition) is 6. The molecule has 0 bridgehead atoms. The highest BCUT2D eigenvalue weighted by molar-refractivity contribution is 6.30. The van der Waals surface area contributed by atoms with E-state index in [1.165, 1.54) is 24.5 Å². The van der Waals surface area contributed by atoms with Crippen molar-refractivity contribution in [1.82, 2.24) is 14.9 Å². The fourth-order valence-corrected chi connectivity index (χ4v) is 3.41. The summed E-state index contributed by atoms with van der Waals surface area (Å²) >= 11 is 5.80. The van der Waals surface area contributed by atoms with E-state index in [0.29, 0.717) is 49.3 Å². The molecule has 1 N–H and O–H groups in total. The SMILES string of the molecule is COc1ccc(NC(=O)N2CCN(c3cc(Oc4ccc(F)c(Cl)c4)ncn3)CC2)cc1. The number of carbonyl (C=O) groups excluding carboxylic acids is 1. The molecule has 0 aliphatic carbocycles. The Kier molecular flexibility index (Phi) is 6.55. The van der Waals surface area contributed by atoms with Crippen LogP contribution in [0.15, 0.2) is 54.9 Å². The molecule has 3 aromatic rings. The van der Waals surface area contributed by atoms with Gasteiger partial charge in [0.15, 0.2) is 0 Å². The summed E-state index contributed by atoms with van der Waals surface area (Å²) in [6, 6.07) is 12.8. The Labute approximate surface area is 189 Å². The maximum Gasteiger partial charge on any atom is 0.321 e. The fourth-order valence-electron chi connectivity index (χ4n) is 3.24. The predicted molar refractivity (Wildman–Crippen MR) is 119 cm³/mol. The first kappa shape index (κ1) is 21.6. The van der Waals surface area contributed by atoms with Gasteiger partial charge >= 0.3 is 6.03 Å². The first-order valence-electron chi connectivity index (χ1n) is 9.92. The summed E-state index contributed by atoms with van der Waals surface area (Å²) in [5.41, 5.74) is 0.705. The van der Waals surface area contributed by atoms with Gasteiger partial charge in [0.05, 0.1) is 12.1 Å². The van der Waals surface area contributed by atoms with Crippen molar-refractivity contribution in [2.75, 3.05) is 43.5 Å². The number of amides is 2. The van der Waals surface area contributed by atoms with Gasteiger partial charge < -0.3 is 24.6 Å². The predicted octanol–water partition coefficient (Wildman–Crippen LogP) is 4.42. The molecule has 1 aromatic heterocycles. The van der Waals surface area contributed by atoms with Crippen LogP contribution in [0.4, 0.5) is 20.7 Å². The van der Waals surface area contributed by atoms with Gasteiger partial charge in [-0.05, 0) is 36.4 Å². The molecule has 1 fully saturated rings. The van der Waals surface area contributed by atoms with Gasteiger partial charge in [-0.3, -0.25) is 0 Å². The third-order valence-corrected chi connectivity index (χ3v) is 5.26. The van der Waals surface area contributed by atoms with Gasteiger partial charge in [-0.15, -0.1) is 0 Å². The lowest BCUT2D eigenvalue weighted by atomic mass is 10.3. The molecule has 0 radical (unpaired) electrons. The van der Waals surface area contributed by atoms with E-state index in [1.54, 1.807) is 42.3 Å². The van der Waals surface area contributed by atoms with E-state index < -0.39 is 5.82 Å². The largest absolute Gasteiger partial charge is 0.497 e. The van der Waals surface area contributed by atoms with E-state index in [-0.39, 0.29) is 11.1 Å². The topological polar surface area (TPSA) is 79.8 Å². The average molecular weight is 458 g/mol. The number of halogens is 2. The smallest absolute Gasteiger partial charge is 0.321 e. The van der Waals surface area contributed by atoms with Crippen molar-refractivity contribution >= 4 is 29.1 Å². The van der Waals surface area contributed by atoms with Crippen LogP contribution < -0.4 is 19.7 Å². The van der Waals surface area contributed by atoms with Gasteiger partial charge in [-0.1, -0.05) is 11.6 Å². The van der Waals surface area contributed by atoms with Crippen LogP contribution >= 0.6 is 11.6 Å². The number of aromatic nitrogens is 2. The van der Waals surface area contributed by atoms with E-state index in [0.717, 1.165) is 5.75 Å². The first-order chi connectivity index (χ1) is 15.5. The second-order valence-corrected chi connectivity index (χ2v) is 7.43. The Balaban J connectivity index is 1.34. The maximum atomic E-state index is 13.3.